The van der Waals surface area contributed by atoms with E-state index in [0.29, 0.717) is 17.8 Å². The fraction of sp³-hybridized carbons (Fsp3) is 1.00. The Balaban J connectivity index is 3.87. The van der Waals surface area contributed by atoms with Crippen molar-refractivity contribution in [3.8, 4) is 0 Å². The minimum Gasteiger partial charge on any atom is -0.248 e. The molecular formula is C11H23F. The van der Waals surface area contributed by atoms with Gasteiger partial charge in [-0.25, -0.2) is 4.39 Å². The quantitative estimate of drug-likeness (QED) is 0.589. The zero-order valence-electron chi connectivity index (χ0n) is 9.10. The van der Waals surface area contributed by atoms with Gasteiger partial charge in [-0.1, -0.05) is 27.7 Å². The van der Waals surface area contributed by atoms with Crippen LogP contribution >= 0.6 is 0 Å². The van der Waals surface area contributed by atoms with Crippen LogP contribution in [0, 0.1) is 17.8 Å². The second-order valence-electron chi connectivity index (χ2n) is 4.65. The fourth-order valence-electron chi connectivity index (χ4n) is 1.66. The Labute approximate surface area is 76.6 Å². The summed E-state index contributed by atoms with van der Waals surface area (Å²) in [6.07, 6.45) is 1.25. The molecule has 0 saturated carbocycles. The van der Waals surface area contributed by atoms with Crippen LogP contribution in [-0.2, 0) is 0 Å². The van der Waals surface area contributed by atoms with Gasteiger partial charge in [-0.15, -0.1) is 0 Å². The number of halogens is 1. The lowest BCUT2D eigenvalue weighted by Crippen LogP contribution is -2.15. The van der Waals surface area contributed by atoms with E-state index in [0.717, 1.165) is 12.8 Å². The van der Waals surface area contributed by atoms with E-state index < -0.39 is 6.17 Å². The average Bonchev–Trinajstić information content (AvgIpc) is 1.83. The van der Waals surface area contributed by atoms with E-state index in [1.807, 2.05) is 0 Å². The Hall–Kier alpha value is -0.0700. The van der Waals surface area contributed by atoms with E-state index in [1.54, 1.807) is 6.92 Å². The third kappa shape index (κ3) is 5.56. The zero-order chi connectivity index (χ0) is 9.72. The Bertz CT molecular complexity index is 95.6. The smallest absolute Gasteiger partial charge is 0.0976 e. The molecule has 0 nitrogen and oxygen atoms in total. The van der Waals surface area contributed by atoms with Crippen LogP contribution in [0.1, 0.15) is 47.5 Å². The van der Waals surface area contributed by atoms with Gasteiger partial charge in [-0.05, 0) is 37.5 Å². The summed E-state index contributed by atoms with van der Waals surface area (Å²) < 4.78 is 12.8. The van der Waals surface area contributed by atoms with Crippen molar-refractivity contribution in [3.63, 3.8) is 0 Å². The maximum atomic E-state index is 12.8. The number of alkyl halides is 1. The summed E-state index contributed by atoms with van der Waals surface area (Å²) >= 11 is 0. The van der Waals surface area contributed by atoms with Crippen LogP contribution < -0.4 is 0 Å². The predicted octanol–water partition coefficient (Wildman–Crippen LogP) is 4.05. The SMILES string of the molecule is CC(C)CC(C[C@H](C)F)C(C)C. The van der Waals surface area contributed by atoms with Crippen LogP contribution in [-0.4, -0.2) is 6.17 Å². The monoisotopic (exact) mass is 174 g/mol. The molecule has 0 spiro atoms. The minimum atomic E-state index is -0.642. The van der Waals surface area contributed by atoms with Crippen LogP contribution in [0.25, 0.3) is 0 Å². The van der Waals surface area contributed by atoms with Crippen LogP contribution in [0.15, 0.2) is 0 Å². The highest BCUT2D eigenvalue weighted by Gasteiger charge is 2.17. The van der Waals surface area contributed by atoms with Crippen molar-refractivity contribution in [1.29, 1.82) is 0 Å². The highest BCUT2D eigenvalue weighted by atomic mass is 19.1. The van der Waals surface area contributed by atoms with Crippen molar-refractivity contribution in [2.75, 3.05) is 0 Å². The summed E-state index contributed by atoms with van der Waals surface area (Å²) in [5, 5.41) is 0. The number of hydrogen-bond acceptors (Lipinski definition) is 0. The molecule has 2 atom stereocenters. The molecule has 0 aromatic rings. The molecule has 0 aliphatic carbocycles. The van der Waals surface area contributed by atoms with E-state index in [1.165, 1.54) is 0 Å². The fourth-order valence-corrected chi connectivity index (χ4v) is 1.66. The first-order valence-electron chi connectivity index (χ1n) is 5.07. The van der Waals surface area contributed by atoms with Crippen molar-refractivity contribution in [2.45, 2.75) is 53.6 Å². The van der Waals surface area contributed by atoms with Gasteiger partial charge in [0.25, 0.3) is 0 Å². The van der Waals surface area contributed by atoms with E-state index in [4.69, 9.17) is 0 Å². The standard InChI is InChI=1S/C11H23F/c1-8(2)6-11(9(3)4)7-10(5)12/h8-11H,6-7H2,1-5H3/t10-,11?/m0/s1. The lowest BCUT2D eigenvalue weighted by atomic mass is 9.84. The minimum absolute atomic E-state index is 0.560. The number of hydrogen-bond donors (Lipinski definition) is 0. The Morgan fingerprint density at radius 3 is 1.67 bits per heavy atom. The lowest BCUT2D eigenvalue weighted by molar-refractivity contribution is 0.221. The van der Waals surface area contributed by atoms with Crippen molar-refractivity contribution < 1.29 is 4.39 Å². The first kappa shape index (κ1) is 11.9. The van der Waals surface area contributed by atoms with Gasteiger partial charge in [0.15, 0.2) is 0 Å². The van der Waals surface area contributed by atoms with Crippen LogP contribution in [0.4, 0.5) is 4.39 Å². The summed E-state index contributed by atoms with van der Waals surface area (Å²) in [5.74, 6) is 1.87. The Morgan fingerprint density at radius 2 is 1.42 bits per heavy atom. The molecule has 0 N–H and O–H groups in total. The third-order valence-electron chi connectivity index (χ3n) is 2.34. The molecular weight excluding hydrogens is 151 g/mol. The molecule has 0 aliphatic rings. The molecule has 0 radical (unpaired) electrons. The summed E-state index contributed by atoms with van der Waals surface area (Å²) in [4.78, 5) is 0. The average molecular weight is 174 g/mol. The van der Waals surface area contributed by atoms with Crippen molar-refractivity contribution in [2.24, 2.45) is 17.8 Å². The van der Waals surface area contributed by atoms with Crippen molar-refractivity contribution in [3.05, 3.63) is 0 Å². The maximum Gasteiger partial charge on any atom is 0.0976 e. The first-order valence-corrected chi connectivity index (χ1v) is 5.07. The maximum absolute atomic E-state index is 12.8. The molecule has 0 amide bonds. The second kappa shape index (κ2) is 5.55. The van der Waals surface area contributed by atoms with Crippen molar-refractivity contribution in [1.82, 2.24) is 0 Å². The van der Waals surface area contributed by atoms with Gasteiger partial charge in [0.2, 0.25) is 0 Å². The number of rotatable bonds is 5. The van der Waals surface area contributed by atoms with Gasteiger partial charge in [0, 0.05) is 0 Å². The van der Waals surface area contributed by atoms with Crippen LogP contribution in [0.2, 0.25) is 0 Å². The van der Waals surface area contributed by atoms with Crippen LogP contribution in [0.5, 0.6) is 0 Å². The summed E-state index contributed by atoms with van der Waals surface area (Å²) in [6.45, 7) is 10.5. The van der Waals surface area contributed by atoms with Gasteiger partial charge < -0.3 is 0 Å². The van der Waals surface area contributed by atoms with Gasteiger partial charge >= 0.3 is 0 Å². The topological polar surface area (TPSA) is 0 Å². The first-order chi connectivity index (χ1) is 5.43. The summed E-state index contributed by atoms with van der Waals surface area (Å²) in [7, 11) is 0. The van der Waals surface area contributed by atoms with Gasteiger partial charge in [0.1, 0.15) is 0 Å². The molecule has 0 bridgehead atoms. The molecule has 0 heterocycles. The van der Waals surface area contributed by atoms with E-state index >= 15 is 0 Å². The highest BCUT2D eigenvalue weighted by Crippen LogP contribution is 2.25. The molecule has 0 saturated heterocycles. The molecule has 0 aromatic carbocycles. The molecule has 1 heteroatoms. The Morgan fingerprint density at radius 1 is 0.917 bits per heavy atom. The summed E-state index contributed by atoms with van der Waals surface area (Å²) in [5.41, 5.74) is 0. The largest absolute Gasteiger partial charge is 0.248 e. The molecule has 0 rings (SSSR count). The third-order valence-corrected chi connectivity index (χ3v) is 2.34. The van der Waals surface area contributed by atoms with Gasteiger partial charge in [-0.2, -0.15) is 0 Å². The van der Waals surface area contributed by atoms with Gasteiger partial charge in [0.05, 0.1) is 6.17 Å². The normalized spacial score (nSPS) is 17.0. The zero-order valence-corrected chi connectivity index (χ0v) is 9.10. The molecule has 74 valence electrons. The Kier molecular flexibility index (Phi) is 5.52. The van der Waals surface area contributed by atoms with E-state index in [-0.39, 0.29) is 0 Å². The van der Waals surface area contributed by atoms with Crippen molar-refractivity contribution >= 4 is 0 Å². The van der Waals surface area contributed by atoms with Gasteiger partial charge in [-0.3, -0.25) is 0 Å². The molecule has 0 aliphatic heterocycles. The molecule has 12 heavy (non-hydrogen) atoms. The summed E-state index contributed by atoms with van der Waals surface area (Å²) in [6, 6.07) is 0. The predicted molar refractivity (Wildman–Crippen MR) is 53.0 cm³/mol. The van der Waals surface area contributed by atoms with E-state index in [9.17, 15) is 4.39 Å². The highest BCUT2D eigenvalue weighted by molar-refractivity contribution is 4.67. The molecule has 0 aromatic heterocycles. The lowest BCUT2D eigenvalue weighted by Gasteiger charge is -2.23. The molecule has 0 fully saturated rings. The second-order valence-corrected chi connectivity index (χ2v) is 4.65. The van der Waals surface area contributed by atoms with Crippen LogP contribution in [0.3, 0.4) is 0 Å². The van der Waals surface area contributed by atoms with E-state index in [2.05, 4.69) is 27.7 Å². The molecule has 1 unspecified atom stereocenters.